The van der Waals surface area contributed by atoms with E-state index in [-0.39, 0.29) is 10.8 Å². The van der Waals surface area contributed by atoms with Crippen LogP contribution in [-0.2, 0) is 17.4 Å². The van der Waals surface area contributed by atoms with Crippen LogP contribution in [0.1, 0.15) is 58.8 Å². The molecule has 3 rings (SSSR count). The molecule has 6 heteroatoms. The van der Waals surface area contributed by atoms with Crippen LogP contribution in [0, 0.1) is 0 Å². The normalized spacial score (nSPS) is 12.6. The quantitative estimate of drug-likeness (QED) is 0.788. The molecule has 0 fully saturated rings. The molecule has 0 spiro atoms. The van der Waals surface area contributed by atoms with Crippen molar-refractivity contribution in [2.45, 2.75) is 58.9 Å². The van der Waals surface area contributed by atoms with Crippen LogP contribution in [0.15, 0.2) is 30.6 Å². The molecule has 0 unspecified atom stereocenters. The maximum atomic E-state index is 4.79. The SMILES string of the molecule is CC(C)(C)c1cc(NCc2ccnc3ccnn23)nc(C(C)(C)C)n1. The van der Waals surface area contributed by atoms with E-state index in [2.05, 4.69) is 56.9 Å². The first-order valence-electron chi connectivity index (χ1n) is 8.56. The van der Waals surface area contributed by atoms with Gasteiger partial charge >= 0.3 is 0 Å². The van der Waals surface area contributed by atoms with Crippen LogP contribution < -0.4 is 5.32 Å². The van der Waals surface area contributed by atoms with Crippen molar-refractivity contribution in [3.8, 4) is 0 Å². The Morgan fingerprint density at radius 2 is 1.72 bits per heavy atom. The highest BCUT2D eigenvalue weighted by Gasteiger charge is 2.23. The number of hydrogen-bond donors (Lipinski definition) is 1. The third-order valence-electron chi connectivity index (χ3n) is 3.98. The predicted molar refractivity (Wildman–Crippen MR) is 99.7 cm³/mol. The molecule has 0 bridgehead atoms. The third kappa shape index (κ3) is 3.78. The average Bonchev–Trinajstić information content (AvgIpc) is 3.00. The highest BCUT2D eigenvalue weighted by atomic mass is 15.3. The van der Waals surface area contributed by atoms with E-state index in [9.17, 15) is 0 Å². The summed E-state index contributed by atoms with van der Waals surface area (Å²) in [4.78, 5) is 13.8. The lowest BCUT2D eigenvalue weighted by Crippen LogP contribution is -2.22. The fourth-order valence-corrected chi connectivity index (χ4v) is 2.46. The Labute approximate surface area is 148 Å². The van der Waals surface area contributed by atoms with Crippen LogP contribution in [0.4, 0.5) is 5.82 Å². The average molecular weight is 338 g/mol. The van der Waals surface area contributed by atoms with Gasteiger partial charge in [0.15, 0.2) is 5.65 Å². The number of aromatic nitrogens is 5. The fourth-order valence-electron chi connectivity index (χ4n) is 2.46. The Bertz CT molecular complexity index is 851. The van der Waals surface area contributed by atoms with E-state index >= 15 is 0 Å². The monoisotopic (exact) mass is 338 g/mol. The molecular formula is C19H26N6. The summed E-state index contributed by atoms with van der Waals surface area (Å²) in [6.07, 6.45) is 3.56. The van der Waals surface area contributed by atoms with Gasteiger partial charge in [0, 0.05) is 29.2 Å². The smallest absolute Gasteiger partial charge is 0.155 e. The highest BCUT2D eigenvalue weighted by Crippen LogP contribution is 2.26. The van der Waals surface area contributed by atoms with Gasteiger partial charge in [0.25, 0.3) is 0 Å². The molecule has 3 heterocycles. The molecule has 0 atom stereocenters. The maximum absolute atomic E-state index is 4.79. The Hall–Kier alpha value is -2.50. The van der Waals surface area contributed by atoms with E-state index in [0.717, 1.165) is 28.7 Å². The zero-order valence-corrected chi connectivity index (χ0v) is 15.8. The number of nitrogens with zero attached hydrogens (tertiary/aromatic N) is 5. The largest absolute Gasteiger partial charge is 0.364 e. The molecule has 1 N–H and O–H groups in total. The Morgan fingerprint density at radius 1 is 0.960 bits per heavy atom. The summed E-state index contributed by atoms with van der Waals surface area (Å²) in [6, 6.07) is 5.89. The number of rotatable bonds is 3. The van der Waals surface area contributed by atoms with Crippen LogP contribution in [0.3, 0.4) is 0 Å². The van der Waals surface area contributed by atoms with Gasteiger partial charge in [-0.2, -0.15) is 5.10 Å². The van der Waals surface area contributed by atoms with Crippen LogP contribution in [0.2, 0.25) is 0 Å². The molecule has 0 saturated carbocycles. The second-order valence-corrected chi connectivity index (χ2v) is 8.35. The van der Waals surface area contributed by atoms with Gasteiger partial charge in [0.2, 0.25) is 0 Å². The summed E-state index contributed by atoms with van der Waals surface area (Å²) in [5.74, 6) is 1.68. The summed E-state index contributed by atoms with van der Waals surface area (Å²) in [5.41, 5.74) is 2.76. The van der Waals surface area contributed by atoms with E-state index in [1.54, 1.807) is 12.4 Å². The molecule has 0 amide bonds. The topological polar surface area (TPSA) is 68.0 Å². The lowest BCUT2D eigenvalue weighted by molar-refractivity contribution is 0.514. The second-order valence-electron chi connectivity index (χ2n) is 8.35. The van der Waals surface area contributed by atoms with Crippen molar-refractivity contribution >= 4 is 11.5 Å². The zero-order chi connectivity index (χ0) is 18.2. The van der Waals surface area contributed by atoms with Crippen molar-refractivity contribution in [3.63, 3.8) is 0 Å². The summed E-state index contributed by atoms with van der Waals surface area (Å²) < 4.78 is 1.84. The molecular weight excluding hydrogens is 312 g/mol. The van der Waals surface area contributed by atoms with Crippen molar-refractivity contribution in [2.75, 3.05) is 5.32 Å². The highest BCUT2D eigenvalue weighted by molar-refractivity contribution is 5.41. The molecule has 0 aliphatic heterocycles. The molecule has 0 aliphatic rings. The molecule has 0 saturated heterocycles. The van der Waals surface area contributed by atoms with Gasteiger partial charge < -0.3 is 5.32 Å². The van der Waals surface area contributed by atoms with Crippen molar-refractivity contribution in [2.24, 2.45) is 0 Å². The first kappa shape index (κ1) is 17.3. The molecule has 0 aliphatic carbocycles. The lowest BCUT2D eigenvalue weighted by atomic mass is 9.90. The third-order valence-corrected chi connectivity index (χ3v) is 3.98. The first-order chi connectivity index (χ1) is 11.6. The van der Waals surface area contributed by atoms with Gasteiger partial charge in [-0.15, -0.1) is 0 Å². The van der Waals surface area contributed by atoms with Gasteiger partial charge in [-0.25, -0.2) is 19.5 Å². The van der Waals surface area contributed by atoms with E-state index in [4.69, 9.17) is 9.97 Å². The zero-order valence-electron chi connectivity index (χ0n) is 15.8. The minimum Gasteiger partial charge on any atom is -0.364 e. The van der Waals surface area contributed by atoms with Crippen LogP contribution in [-0.4, -0.2) is 24.6 Å². The summed E-state index contributed by atoms with van der Waals surface area (Å²) in [7, 11) is 0. The van der Waals surface area contributed by atoms with Crippen molar-refractivity contribution in [1.29, 1.82) is 0 Å². The van der Waals surface area contributed by atoms with E-state index in [1.807, 2.05) is 22.7 Å². The standard InChI is InChI=1S/C19H26N6/c1-18(2,3)14-11-15(24-17(23-14)19(4,5)6)21-12-13-7-9-20-16-8-10-22-25(13)16/h7-11H,12H2,1-6H3,(H,21,23,24). The summed E-state index contributed by atoms with van der Waals surface area (Å²) in [6.45, 7) is 13.5. The van der Waals surface area contributed by atoms with Gasteiger partial charge in [0.1, 0.15) is 11.6 Å². The lowest BCUT2D eigenvalue weighted by Gasteiger charge is -2.24. The molecule has 0 aromatic carbocycles. The molecule has 3 aromatic heterocycles. The first-order valence-corrected chi connectivity index (χ1v) is 8.56. The van der Waals surface area contributed by atoms with E-state index < -0.39 is 0 Å². The molecule has 25 heavy (non-hydrogen) atoms. The summed E-state index contributed by atoms with van der Waals surface area (Å²) in [5, 5.41) is 7.75. The Kier molecular flexibility index (Phi) is 4.22. The van der Waals surface area contributed by atoms with Crippen molar-refractivity contribution in [1.82, 2.24) is 24.6 Å². The maximum Gasteiger partial charge on any atom is 0.155 e. The summed E-state index contributed by atoms with van der Waals surface area (Å²) >= 11 is 0. The second kappa shape index (κ2) is 6.10. The van der Waals surface area contributed by atoms with Gasteiger partial charge in [0.05, 0.1) is 24.1 Å². The van der Waals surface area contributed by atoms with E-state index in [1.165, 1.54) is 0 Å². The number of anilines is 1. The minimum atomic E-state index is -0.108. The van der Waals surface area contributed by atoms with Crippen LogP contribution in [0.5, 0.6) is 0 Å². The fraction of sp³-hybridized carbons (Fsp3) is 0.474. The Balaban J connectivity index is 1.92. The van der Waals surface area contributed by atoms with E-state index in [0.29, 0.717) is 6.54 Å². The van der Waals surface area contributed by atoms with Crippen molar-refractivity contribution < 1.29 is 0 Å². The number of hydrogen-bond acceptors (Lipinski definition) is 5. The predicted octanol–water partition coefficient (Wildman–Crippen LogP) is 3.73. The van der Waals surface area contributed by atoms with Crippen LogP contribution in [0.25, 0.3) is 5.65 Å². The van der Waals surface area contributed by atoms with Gasteiger partial charge in [-0.3, -0.25) is 0 Å². The van der Waals surface area contributed by atoms with Crippen LogP contribution >= 0.6 is 0 Å². The van der Waals surface area contributed by atoms with Gasteiger partial charge in [-0.05, 0) is 6.07 Å². The van der Waals surface area contributed by atoms with Gasteiger partial charge in [-0.1, -0.05) is 41.5 Å². The molecule has 3 aromatic rings. The number of nitrogens with one attached hydrogen (secondary N) is 1. The Morgan fingerprint density at radius 3 is 2.40 bits per heavy atom. The minimum absolute atomic E-state index is 0.0364. The molecule has 6 nitrogen and oxygen atoms in total. The molecule has 132 valence electrons. The van der Waals surface area contributed by atoms with Crippen molar-refractivity contribution in [3.05, 3.63) is 47.8 Å². The number of fused-ring (bicyclic) bond motifs is 1. The molecule has 0 radical (unpaired) electrons.